The molecule has 1 unspecified atom stereocenters. The van der Waals surface area contributed by atoms with Crippen molar-refractivity contribution in [3.8, 4) is 0 Å². The number of rotatable bonds is 3. The van der Waals surface area contributed by atoms with Crippen molar-refractivity contribution in [3.63, 3.8) is 0 Å². The molecular formula is C10H12BrN3O3. The number of alkyl halides is 1. The van der Waals surface area contributed by atoms with Crippen LogP contribution in [-0.4, -0.2) is 41.1 Å². The zero-order valence-corrected chi connectivity index (χ0v) is 10.9. The van der Waals surface area contributed by atoms with Gasteiger partial charge in [-0.1, -0.05) is 15.9 Å². The van der Waals surface area contributed by atoms with Gasteiger partial charge in [0.15, 0.2) is 5.82 Å². The van der Waals surface area contributed by atoms with Gasteiger partial charge in [-0.3, -0.25) is 14.8 Å². The van der Waals surface area contributed by atoms with Crippen LogP contribution in [0.2, 0.25) is 0 Å². The lowest BCUT2D eigenvalue weighted by Gasteiger charge is -2.11. The number of aromatic nitrogens is 2. The van der Waals surface area contributed by atoms with Gasteiger partial charge in [0.1, 0.15) is 5.69 Å². The fourth-order valence-corrected chi connectivity index (χ4v) is 2.20. The first-order chi connectivity index (χ1) is 8.15. The van der Waals surface area contributed by atoms with Gasteiger partial charge in [0.2, 0.25) is 5.91 Å². The van der Waals surface area contributed by atoms with Crippen molar-refractivity contribution >= 4 is 33.6 Å². The summed E-state index contributed by atoms with van der Waals surface area (Å²) in [4.78, 5) is 24.5. The van der Waals surface area contributed by atoms with E-state index in [-0.39, 0.29) is 11.6 Å². The highest BCUT2D eigenvalue weighted by atomic mass is 79.9. The van der Waals surface area contributed by atoms with Crippen LogP contribution < -0.4 is 4.90 Å². The minimum absolute atomic E-state index is 0.0253. The maximum Gasteiger partial charge on any atom is 0.356 e. The molecule has 1 aliphatic heterocycles. The zero-order chi connectivity index (χ0) is 12.4. The third-order valence-corrected chi connectivity index (χ3v) is 3.59. The summed E-state index contributed by atoms with van der Waals surface area (Å²) >= 11 is 3.36. The summed E-state index contributed by atoms with van der Waals surface area (Å²) in [6, 6.07) is 1.53. The van der Waals surface area contributed by atoms with Gasteiger partial charge in [-0.2, -0.15) is 5.10 Å². The Labute approximate surface area is 106 Å². The Hall–Kier alpha value is -1.37. The Kier molecular flexibility index (Phi) is 3.46. The number of amides is 1. The predicted molar refractivity (Wildman–Crippen MR) is 64.2 cm³/mol. The monoisotopic (exact) mass is 301 g/mol. The lowest BCUT2D eigenvalue weighted by molar-refractivity contribution is -0.117. The predicted octanol–water partition coefficient (Wildman–Crippen LogP) is 0.944. The Balaban J connectivity index is 2.15. The van der Waals surface area contributed by atoms with Crippen LogP contribution in [0.3, 0.4) is 0 Å². The molecule has 1 aromatic heterocycles. The summed E-state index contributed by atoms with van der Waals surface area (Å²) in [5.74, 6) is 0.296. The first-order valence-corrected chi connectivity index (χ1v) is 6.28. The first-order valence-electron chi connectivity index (χ1n) is 5.15. The molecule has 1 aliphatic rings. The number of aromatic amines is 1. The number of ether oxygens (including phenoxy) is 1. The summed E-state index contributed by atoms with van der Waals surface area (Å²) in [6.45, 7) is 0.621. The molecule has 0 aliphatic carbocycles. The number of carbonyl (C=O) groups excluding carboxylic acids is 2. The summed E-state index contributed by atoms with van der Waals surface area (Å²) in [5.41, 5.74) is 0.248. The minimum Gasteiger partial charge on any atom is -0.464 e. The topological polar surface area (TPSA) is 75.3 Å². The fraction of sp³-hybridized carbons (Fsp3) is 0.500. The number of hydrogen-bond acceptors (Lipinski definition) is 4. The van der Waals surface area contributed by atoms with E-state index in [1.807, 2.05) is 0 Å². The molecule has 0 bridgehead atoms. The highest BCUT2D eigenvalue weighted by Gasteiger charge is 2.31. The largest absolute Gasteiger partial charge is 0.464 e. The van der Waals surface area contributed by atoms with Gasteiger partial charge in [0.05, 0.1) is 7.11 Å². The third kappa shape index (κ3) is 2.33. The van der Waals surface area contributed by atoms with Crippen LogP contribution >= 0.6 is 15.9 Å². The van der Waals surface area contributed by atoms with Gasteiger partial charge in [-0.25, -0.2) is 4.79 Å². The van der Waals surface area contributed by atoms with Crippen LogP contribution in [0.25, 0.3) is 0 Å². The van der Waals surface area contributed by atoms with Gasteiger partial charge in [0, 0.05) is 24.4 Å². The van der Waals surface area contributed by atoms with Gasteiger partial charge in [-0.05, 0) is 5.92 Å². The van der Waals surface area contributed by atoms with Crippen molar-refractivity contribution in [2.24, 2.45) is 5.92 Å². The Morgan fingerprint density at radius 1 is 1.76 bits per heavy atom. The quantitative estimate of drug-likeness (QED) is 0.666. The minimum atomic E-state index is -0.493. The Morgan fingerprint density at radius 2 is 2.53 bits per heavy atom. The van der Waals surface area contributed by atoms with E-state index in [1.54, 1.807) is 4.90 Å². The first kappa shape index (κ1) is 12.1. The molecule has 1 fully saturated rings. The average Bonchev–Trinajstić information content (AvgIpc) is 2.94. The molecule has 1 amide bonds. The molecule has 7 heteroatoms. The average molecular weight is 302 g/mol. The fourth-order valence-electron chi connectivity index (χ4n) is 1.77. The number of nitrogens with one attached hydrogen (secondary N) is 1. The van der Waals surface area contributed by atoms with E-state index in [2.05, 4.69) is 30.9 Å². The van der Waals surface area contributed by atoms with Crippen molar-refractivity contribution in [1.82, 2.24) is 10.2 Å². The SMILES string of the molecule is COC(=O)c1cc(N2CC(CBr)CC2=O)n[nH]1. The zero-order valence-electron chi connectivity index (χ0n) is 9.27. The molecule has 0 aromatic carbocycles. The molecule has 6 nitrogen and oxygen atoms in total. The molecule has 1 N–H and O–H groups in total. The lowest BCUT2D eigenvalue weighted by atomic mass is 10.2. The van der Waals surface area contributed by atoms with Gasteiger partial charge in [-0.15, -0.1) is 0 Å². The number of hydrogen-bond donors (Lipinski definition) is 1. The second-order valence-electron chi connectivity index (χ2n) is 3.86. The molecule has 0 saturated carbocycles. The van der Waals surface area contributed by atoms with Gasteiger partial charge < -0.3 is 4.74 Å². The maximum absolute atomic E-state index is 11.7. The van der Waals surface area contributed by atoms with Crippen molar-refractivity contribution in [2.45, 2.75) is 6.42 Å². The van der Waals surface area contributed by atoms with E-state index in [0.29, 0.717) is 24.7 Å². The van der Waals surface area contributed by atoms with Gasteiger partial charge in [0.25, 0.3) is 0 Å². The third-order valence-electron chi connectivity index (χ3n) is 2.67. The molecule has 2 heterocycles. The molecule has 0 radical (unpaired) electrons. The molecule has 1 saturated heterocycles. The molecule has 0 spiro atoms. The van der Waals surface area contributed by atoms with Crippen LogP contribution in [-0.2, 0) is 9.53 Å². The number of H-pyrrole nitrogens is 1. The van der Waals surface area contributed by atoms with E-state index in [4.69, 9.17) is 0 Å². The van der Waals surface area contributed by atoms with Crippen LogP contribution in [0.1, 0.15) is 16.9 Å². The molecule has 1 atom stereocenters. The van der Waals surface area contributed by atoms with Crippen molar-refractivity contribution < 1.29 is 14.3 Å². The summed E-state index contributed by atoms with van der Waals surface area (Å²) in [6.07, 6.45) is 0.506. The number of esters is 1. The lowest BCUT2D eigenvalue weighted by Crippen LogP contribution is -2.24. The van der Waals surface area contributed by atoms with Crippen molar-refractivity contribution in [3.05, 3.63) is 11.8 Å². The normalized spacial score (nSPS) is 19.8. The van der Waals surface area contributed by atoms with E-state index in [9.17, 15) is 9.59 Å². The van der Waals surface area contributed by atoms with E-state index in [0.717, 1.165) is 5.33 Å². The van der Waals surface area contributed by atoms with Crippen molar-refractivity contribution in [2.75, 3.05) is 23.9 Å². The number of halogens is 1. The van der Waals surface area contributed by atoms with Crippen LogP contribution in [0.15, 0.2) is 6.07 Å². The number of carbonyl (C=O) groups is 2. The number of methoxy groups -OCH3 is 1. The van der Waals surface area contributed by atoms with Crippen LogP contribution in [0, 0.1) is 5.92 Å². The standard InChI is InChI=1S/C10H12BrN3O3/c1-17-10(16)7-3-8(13-12-7)14-5-6(4-11)2-9(14)15/h3,6H,2,4-5H2,1H3,(H,12,13). The van der Waals surface area contributed by atoms with Crippen LogP contribution in [0.4, 0.5) is 5.82 Å². The highest BCUT2D eigenvalue weighted by Crippen LogP contribution is 2.25. The number of nitrogens with zero attached hydrogens (tertiary/aromatic N) is 2. The molecule has 2 rings (SSSR count). The summed E-state index contributed by atoms with van der Waals surface area (Å²) in [5, 5.41) is 7.29. The maximum atomic E-state index is 11.7. The van der Waals surface area contributed by atoms with E-state index < -0.39 is 5.97 Å². The molecular weight excluding hydrogens is 290 g/mol. The Bertz CT molecular complexity index is 446. The molecule has 1 aromatic rings. The summed E-state index contributed by atoms with van der Waals surface area (Å²) in [7, 11) is 1.30. The van der Waals surface area contributed by atoms with Crippen molar-refractivity contribution in [1.29, 1.82) is 0 Å². The Morgan fingerprint density at radius 3 is 3.12 bits per heavy atom. The van der Waals surface area contributed by atoms with Crippen LogP contribution in [0.5, 0.6) is 0 Å². The van der Waals surface area contributed by atoms with E-state index >= 15 is 0 Å². The van der Waals surface area contributed by atoms with Gasteiger partial charge >= 0.3 is 5.97 Å². The second kappa shape index (κ2) is 4.87. The smallest absolute Gasteiger partial charge is 0.356 e. The summed E-state index contributed by atoms with van der Waals surface area (Å²) < 4.78 is 4.56. The van der Waals surface area contributed by atoms with E-state index in [1.165, 1.54) is 13.2 Å². The highest BCUT2D eigenvalue weighted by molar-refractivity contribution is 9.09. The number of anilines is 1. The molecule has 17 heavy (non-hydrogen) atoms. The molecule has 92 valence electrons. The second-order valence-corrected chi connectivity index (χ2v) is 4.51.